The first-order valence-electron chi connectivity index (χ1n) is 6.76. The van der Waals surface area contributed by atoms with E-state index in [1.54, 1.807) is 0 Å². The highest BCUT2D eigenvalue weighted by Gasteiger charge is 2.20. The van der Waals surface area contributed by atoms with Crippen LogP contribution in [0, 0.1) is 12.3 Å². The van der Waals surface area contributed by atoms with Gasteiger partial charge in [0, 0.05) is 19.0 Å². The van der Waals surface area contributed by atoms with E-state index in [2.05, 4.69) is 23.1 Å². The lowest BCUT2D eigenvalue weighted by molar-refractivity contribution is 0.144. The Labute approximate surface area is 101 Å². The molecule has 2 heteroatoms. The van der Waals surface area contributed by atoms with Crippen molar-refractivity contribution in [2.75, 3.05) is 26.2 Å². The third-order valence-corrected chi connectivity index (χ3v) is 3.32. The molecule has 0 aliphatic carbocycles. The first-order chi connectivity index (χ1) is 7.88. The number of hydrogen-bond acceptors (Lipinski definition) is 2. The van der Waals surface area contributed by atoms with Gasteiger partial charge in [-0.25, -0.2) is 0 Å². The van der Waals surface area contributed by atoms with Gasteiger partial charge in [0.05, 0.1) is 0 Å². The summed E-state index contributed by atoms with van der Waals surface area (Å²) in [5.41, 5.74) is 0. The Morgan fingerprint density at radius 3 is 3.06 bits per heavy atom. The third kappa shape index (κ3) is 5.01. The second-order valence-electron chi connectivity index (χ2n) is 4.70. The topological polar surface area (TPSA) is 15.3 Å². The molecule has 1 N–H and O–H groups in total. The highest BCUT2D eigenvalue weighted by atomic mass is 15.2. The molecule has 1 atom stereocenters. The minimum absolute atomic E-state index is 0.748. The van der Waals surface area contributed by atoms with Gasteiger partial charge in [-0.15, -0.1) is 12.3 Å². The van der Waals surface area contributed by atoms with Crippen LogP contribution in [0.1, 0.15) is 45.4 Å². The number of likely N-dealkylation sites (tertiary alicyclic amines) is 1. The van der Waals surface area contributed by atoms with E-state index in [1.165, 1.54) is 38.8 Å². The monoisotopic (exact) mass is 222 g/mol. The van der Waals surface area contributed by atoms with Gasteiger partial charge in [-0.1, -0.05) is 13.3 Å². The van der Waals surface area contributed by atoms with Gasteiger partial charge in [-0.05, 0) is 45.3 Å². The SMILES string of the molecule is C#CCCCN1CCCCC1CNCCC. The van der Waals surface area contributed by atoms with Crippen LogP contribution in [0.2, 0.25) is 0 Å². The predicted molar refractivity (Wildman–Crippen MR) is 70.4 cm³/mol. The largest absolute Gasteiger partial charge is 0.315 e. The first-order valence-corrected chi connectivity index (χ1v) is 6.76. The molecule has 0 radical (unpaired) electrons. The second kappa shape index (κ2) is 8.61. The highest BCUT2D eigenvalue weighted by molar-refractivity contribution is 4.85. The summed E-state index contributed by atoms with van der Waals surface area (Å²) < 4.78 is 0. The van der Waals surface area contributed by atoms with Gasteiger partial charge < -0.3 is 5.32 Å². The van der Waals surface area contributed by atoms with Crippen LogP contribution < -0.4 is 5.32 Å². The van der Waals surface area contributed by atoms with Gasteiger partial charge in [0.1, 0.15) is 0 Å². The van der Waals surface area contributed by atoms with Crippen LogP contribution in [0.25, 0.3) is 0 Å². The van der Waals surface area contributed by atoms with E-state index in [0.717, 1.165) is 32.0 Å². The van der Waals surface area contributed by atoms with Crippen LogP contribution in [-0.2, 0) is 0 Å². The Morgan fingerprint density at radius 2 is 2.31 bits per heavy atom. The number of nitrogens with zero attached hydrogens (tertiary/aromatic N) is 1. The maximum absolute atomic E-state index is 5.30. The van der Waals surface area contributed by atoms with E-state index in [0.29, 0.717) is 0 Å². The predicted octanol–water partition coefficient (Wildman–Crippen LogP) is 2.25. The molecule has 0 bridgehead atoms. The number of rotatable bonds is 7. The summed E-state index contributed by atoms with van der Waals surface area (Å²) in [5, 5.41) is 3.54. The summed E-state index contributed by atoms with van der Waals surface area (Å²) in [6.07, 6.45) is 12.7. The maximum Gasteiger partial charge on any atom is 0.0220 e. The minimum atomic E-state index is 0.748. The molecule has 1 unspecified atom stereocenters. The minimum Gasteiger partial charge on any atom is -0.315 e. The van der Waals surface area contributed by atoms with Crippen molar-refractivity contribution in [2.45, 2.75) is 51.5 Å². The van der Waals surface area contributed by atoms with Crippen LogP contribution in [-0.4, -0.2) is 37.1 Å². The Hall–Kier alpha value is -0.520. The van der Waals surface area contributed by atoms with Crippen molar-refractivity contribution in [3.8, 4) is 12.3 Å². The first kappa shape index (κ1) is 13.5. The number of piperidine rings is 1. The van der Waals surface area contributed by atoms with Crippen molar-refractivity contribution in [3.63, 3.8) is 0 Å². The summed E-state index contributed by atoms with van der Waals surface area (Å²) in [6.45, 7) is 6.98. The molecule has 1 fully saturated rings. The Bertz CT molecular complexity index is 207. The number of unbranched alkanes of at least 4 members (excludes halogenated alkanes) is 1. The molecule has 2 nitrogen and oxygen atoms in total. The molecular formula is C14H26N2. The van der Waals surface area contributed by atoms with Crippen molar-refractivity contribution in [1.29, 1.82) is 0 Å². The summed E-state index contributed by atoms with van der Waals surface area (Å²) in [7, 11) is 0. The molecule has 1 aliphatic heterocycles. The molecule has 0 aromatic carbocycles. The molecule has 0 amide bonds. The standard InChI is InChI=1S/C14H26N2/c1-3-5-7-11-16-12-8-6-9-14(16)13-15-10-4-2/h1,14-15H,4-13H2,2H3. The smallest absolute Gasteiger partial charge is 0.0220 e. The molecule has 0 spiro atoms. The van der Waals surface area contributed by atoms with Crippen molar-refractivity contribution >= 4 is 0 Å². The summed E-state index contributed by atoms with van der Waals surface area (Å²) in [5.74, 6) is 2.73. The van der Waals surface area contributed by atoms with Gasteiger partial charge in [0.15, 0.2) is 0 Å². The van der Waals surface area contributed by atoms with Gasteiger partial charge in [0.2, 0.25) is 0 Å². The van der Waals surface area contributed by atoms with Gasteiger partial charge in [0.25, 0.3) is 0 Å². The molecule has 1 heterocycles. The summed E-state index contributed by atoms with van der Waals surface area (Å²) >= 11 is 0. The molecule has 1 saturated heterocycles. The third-order valence-electron chi connectivity index (χ3n) is 3.32. The molecule has 0 aromatic heterocycles. The molecular weight excluding hydrogens is 196 g/mol. The molecule has 16 heavy (non-hydrogen) atoms. The number of hydrogen-bond donors (Lipinski definition) is 1. The van der Waals surface area contributed by atoms with E-state index < -0.39 is 0 Å². The van der Waals surface area contributed by atoms with E-state index >= 15 is 0 Å². The lowest BCUT2D eigenvalue weighted by atomic mass is 10.0. The zero-order valence-electron chi connectivity index (χ0n) is 10.7. The molecule has 92 valence electrons. The second-order valence-corrected chi connectivity index (χ2v) is 4.70. The van der Waals surface area contributed by atoms with Crippen molar-refractivity contribution in [2.24, 2.45) is 0 Å². The molecule has 1 aliphatic rings. The van der Waals surface area contributed by atoms with E-state index in [-0.39, 0.29) is 0 Å². The number of terminal acetylenes is 1. The average molecular weight is 222 g/mol. The lowest BCUT2D eigenvalue weighted by Crippen LogP contribution is -2.45. The summed E-state index contributed by atoms with van der Waals surface area (Å²) in [6, 6.07) is 0.748. The Balaban J connectivity index is 2.23. The van der Waals surface area contributed by atoms with Crippen LogP contribution >= 0.6 is 0 Å². The Morgan fingerprint density at radius 1 is 1.44 bits per heavy atom. The van der Waals surface area contributed by atoms with Crippen LogP contribution in [0.4, 0.5) is 0 Å². The van der Waals surface area contributed by atoms with Crippen LogP contribution in [0.3, 0.4) is 0 Å². The fraction of sp³-hybridized carbons (Fsp3) is 0.857. The zero-order valence-corrected chi connectivity index (χ0v) is 10.7. The molecule has 0 saturated carbocycles. The fourth-order valence-corrected chi connectivity index (χ4v) is 2.42. The van der Waals surface area contributed by atoms with Gasteiger partial charge in [-0.2, -0.15) is 0 Å². The lowest BCUT2D eigenvalue weighted by Gasteiger charge is -2.35. The van der Waals surface area contributed by atoms with Crippen molar-refractivity contribution in [1.82, 2.24) is 10.2 Å². The average Bonchev–Trinajstić information content (AvgIpc) is 2.32. The van der Waals surface area contributed by atoms with Crippen LogP contribution in [0.5, 0.6) is 0 Å². The van der Waals surface area contributed by atoms with Crippen LogP contribution in [0.15, 0.2) is 0 Å². The maximum atomic E-state index is 5.30. The zero-order chi connectivity index (χ0) is 11.6. The normalized spacial score (nSPS) is 21.9. The quantitative estimate of drug-likeness (QED) is 0.525. The molecule has 0 aromatic rings. The number of nitrogens with one attached hydrogen (secondary N) is 1. The fourth-order valence-electron chi connectivity index (χ4n) is 2.42. The Kier molecular flexibility index (Phi) is 7.29. The van der Waals surface area contributed by atoms with Crippen molar-refractivity contribution in [3.05, 3.63) is 0 Å². The highest BCUT2D eigenvalue weighted by Crippen LogP contribution is 2.16. The van der Waals surface area contributed by atoms with Gasteiger partial charge in [-0.3, -0.25) is 4.90 Å². The van der Waals surface area contributed by atoms with Crippen molar-refractivity contribution < 1.29 is 0 Å². The van der Waals surface area contributed by atoms with E-state index in [4.69, 9.17) is 6.42 Å². The van der Waals surface area contributed by atoms with Gasteiger partial charge >= 0.3 is 0 Å². The molecule has 1 rings (SSSR count). The summed E-state index contributed by atoms with van der Waals surface area (Å²) in [4.78, 5) is 2.63. The van der Waals surface area contributed by atoms with E-state index in [9.17, 15) is 0 Å². The van der Waals surface area contributed by atoms with E-state index in [1.807, 2.05) is 0 Å².